The van der Waals surface area contributed by atoms with Gasteiger partial charge in [0, 0.05) is 5.56 Å². The summed E-state index contributed by atoms with van der Waals surface area (Å²) in [6.07, 6.45) is 0. The van der Waals surface area contributed by atoms with E-state index in [1.807, 2.05) is 0 Å². The Bertz CT molecular complexity index is 534. The van der Waals surface area contributed by atoms with Crippen LogP contribution in [0, 0.1) is 0 Å². The van der Waals surface area contributed by atoms with Crippen LogP contribution in [0.5, 0.6) is 11.5 Å². The number of benzene rings is 1. The molecule has 0 aromatic heterocycles. The molecule has 1 aromatic rings. The van der Waals surface area contributed by atoms with Crippen molar-refractivity contribution in [3.05, 3.63) is 22.7 Å². The summed E-state index contributed by atoms with van der Waals surface area (Å²) in [5.74, 6) is -0.795. The summed E-state index contributed by atoms with van der Waals surface area (Å²) in [5.41, 5.74) is 0.153. The third kappa shape index (κ3) is 3.99. The normalized spacial score (nSPS) is 11.5. The lowest BCUT2D eigenvalue weighted by molar-refractivity contribution is -0.143. The van der Waals surface area contributed by atoms with Crippen molar-refractivity contribution in [3.8, 4) is 11.5 Å². The zero-order valence-corrected chi connectivity index (χ0v) is 12.6. The van der Waals surface area contributed by atoms with Gasteiger partial charge in [0.25, 0.3) is 5.91 Å². The van der Waals surface area contributed by atoms with Crippen molar-refractivity contribution < 1.29 is 28.9 Å². The van der Waals surface area contributed by atoms with E-state index in [-0.39, 0.29) is 16.3 Å². The summed E-state index contributed by atoms with van der Waals surface area (Å²) in [4.78, 5) is 23.4. The van der Waals surface area contributed by atoms with Crippen molar-refractivity contribution in [1.29, 1.82) is 0 Å². The maximum absolute atomic E-state index is 12.1. The number of amides is 1. The minimum Gasteiger partial charge on any atom is -0.493 e. The molecule has 2 N–H and O–H groups in total. The second kappa shape index (κ2) is 7.70. The molecule has 0 radical (unpaired) electrons. The highest BCUT2D eigenvalue weighted by molar-refractivity contribution is 6.32. The molecule has 1 atom stereocenters. The van der Waals surface area contributed by atoms with Crippen LogP contribution in [0.25, 0.3) is 0 Å². The molecule has 0 saturated heterocycles. The number of hydrogen-bond donors (Lipinski definition) is 2. The van der Waals surface area contributed by atoms with Gasteiger partial charge >= 0.3 is 5.97 Å². The zero-order valence-electron chi connectivity index (χ0n) is 11.8. The van der Waals surface area contributed by atoms with Gasteiger partial charge in [-0.2, -0.15) is 0 Å². The van der Waals surface area contributed by atoms with E-state index >= 15 is 0 Å². The van der Waals surface area contributed by atoms with Crippen molar-refractivity contribution in [3.63, 3.8) is 0 Å². The average Bonchev–Trinajstić information content (AvgIpc) is 2.50. The lowest BCUT2D eigenvalue weighted by Crippen LogP contribution is -2.44. The van der Waals surface area contributed by atoms with Crippen molar-refractivity contribution in [2.75, 3.05) is 27.9 Å². The number of carbonyl (C=O) groups is 2. The maximum atomic E-state index is 12.1. The Morgan fingerprint density at radius 3 is 2.43 bits per heavy atom. The van der Waals surface area contributed by atoms with Crippen LogP contribution in [0.2, 0.25) is 5.02 Å². The van der Waals surface area contributed by atoms with Gasteiger partial charge in [-0.05, 0) is 12.1 Å². The highest BCUT2D eigenvalue weighted by Crippen LogP contribution is 2.35. The van der Waals surface area contributed by atoms with E-state index in [4.69, 9.17) is 26.2 Å². The van der Waals surface area contributed by atoms with Gasteiger partial charge in [0.15, 0.2) is 17.5 Å². The molecule has 7 nitrogen and oxygen atoms in total. The molecule has 0 aliphatic carbocycles. The molecule has 0 saturated carbocycles. The standard InChI is InChI=1S/C13H16ClNO6/c1-19-10-5-7(4-8(14)11(10)20-2)12(17)15-9(6-16)13(18)21-3/h4-5,9,16H,6H2,1-3H3,(H,15,17)/t9-/m1/s1. The van der Waals surface area contributed by atoms with Gasteiger partial charge in [-0.1, -0.05) is 11.6 Å². The van der Waals surface area contributed by atoms with Crippen LogP contribution in [0.3, 0.4) is 0 Å². The number of carbonyl (C=O) groups excluding carboxylic acids is 2. The van der Waals surface area contributed by atoms with Crippen molar-refractivity contribution in [1.82, 2.24) is 5.32 Å². The summed E-state index contributed by atoms with van der Waals surface area (Å²) < 4.78 is 14.6. The number of esters is 1. The fourth-order valence-electron chi connectivity index (χ4n) is 1.61. The first-order valence-corrected chi connectivity index (χ1v) is 6.27. The molecule has 0 spiro atoms. The van der Waals surface area contributed by atoms with Crippen LogP contribution in [0.4, 0.5) is 0 Å². The second-order valence-corrected chi connectivity index (χ2v) is 4.33. The van der Waals surface area contributed by atoms with Crippen LogP contribution in [-0.2, 0) is 9.53 Å². The van der Waals surface area contributed by atoms with Gasteiger partial charge < -0.3 is 24.6 Å². The summed E-state index contributed by atoms with van der Waals surface area (Å²) in [7, 11) is 3.98. The second-order valence-electron chi connectivity index (χ2n) is 3.93. The SMILES string of the molecule is COC(=O)[C@@H](CO)NC(=O)c1cc(Cl)c(OC)c(OC)c1. The quantitative estimate of drug-likeness (QED) is 0.747. The monoisotopic (exact) mass is 317 g/mol. The summed E-state index contributed by atoms with van der Waals surface area (Å²) in [6, 6.07) is 1.62. The fourth-order valence-corrected chi connectivity index (χ4v) is 1.90. The van der Waals surface area contributed by atoms with Crippen LogP contribution in [0.1, 0.15) is 10.4 Å². The Morgan fingerprint density at radius 1 is 1.29 bits per heavy atom. The van der Waals surface area contributed by atoms with E-state index in [2.05, 4.69) is 10.1 Å². The van der Waals surface area contributed by atoms with Gasteiger partial charge in [-0.15, -0.1) is 0 Å². The van der Waals surface area contributed by atoms with Gasteiger partial charge in [0.1, 0.15) is 0 Å². The minimum absolute atomic E-state index is 0.153. The molecule has 1 rings (SSSR count). The number of ether oxygens (including phenoxy) is 3. The first kappa shape index (κ1) is 17.1. The summed E-state index contributed by atoms with van der Waals surface area (Å²) >= 11 is 5.99. The molecule has 116 valence electrons. The Morgan fingerprint density at radius 2 is 1.95 bits per heavy atom. The molecule has 0 fully saturated rings. The van der Waals surface area contributed by atoms with Crippen molar-refractivity contribution >= 4 is 23.5 Å². The molecule has 0 unspecified atom stereocenters. The Balaban J connectivity index is 3.02. The number of hydrogen-bond acceptors (Lipinski definition) is 6. The van der Waals surface area contributed by atoms with Crippen LogP contribution < -0.4 is 14.8 Å². The van der Waals surface area contributed by atoms with Crippen molar-refractivity contribution in [2.45, 2.75) is 6.04 Å². The predicted molar refractivity (Wildman–Crippen MR) is 74.9 cm³/mol. The highest BCUT2D eigenvalue weighted by atomic mass is 35.5. The Labute approximate surface area is 126 Å². The van der Waals surface area contributed by atoms with Gasteiger partial charge in [0.2, 0.25) is 0 Å². The Hall–Kier alpha value is -1.99. The number of halogens is 1. The lowest BCUT2D eigenvalue weighted by Gasteiger charge is -2.15. The van der Waals surface area contributed by atoms with Crippen LogP contribution >= 0.6 is 11.6 Å². The Kier molecular flexibility index (Phi) is 6.26. The number of methoxy groups -OCH3 is 3. The van der Waals surface area contributed by atoms with E-state index in [0.29, 0.717) is 5.75 Å². The minimum atomic E-state index is -1.16. The van der Waals surface area contributed by atoms with Gasteiger partial charge in [-0.25, -0.2) is 4.79 Å². The molecule has 0 aliphatic heterocycles. The van der Waals surface area contributed by atoms with Gasteiger partial charge in [0.05, 0.1) is 33.0 Å². The molecular weight excluding hydrogens is 302 g/mol. The molecule has 0 bridgehead atoms. The van der Waals surface area contributed by atoms with Gasteiger partial charge in [-0.3, -0.25) is 4.79 Å². The lowest BCUT2D eigenvalue weighted by atomic mass is 10.1. The number of aliphatic hydroxyl groups is 1. The molecular formula is C13H16ClNO6. The number of nitrogens with one attached hydrogen (secondary N) is 1. The van der Waals surface area contributed by atoms with Crippen LogP contribution in [0.15, 0.2) is 12.1 Å². The van der Waals surface area contributed by atoms with Crippen molar-refractivity contribution in [2.24, 2.45) is 0 Å². The van der Waals surface area contributed by atoms with E-state index in [9.17, 15) is 9.59 Å². The zero-order chi connectivity index (χ0) is 16.0. The highest BCUT2D eigenvalue weighted by Gasteiger charge is 2.22. The molecule has 1 aromatic carbocycles. The molecule has 0 heterocycles. The number of aliphatic hydroxyl groups excluding tert-OH is 1. The topological polar surface area (TPSA) is 94.1 Å². The molecule has 21 heavy (non-hydrogen) atoms. The molecule has 0 aliphatic rings. The molecule has 1 amide bonds. The van der Waals surface area contributed by atoms with E-state index in [1.165, 1.54) is 26.4 Å². The largest absolute Gasteiger partial charge is 0.493 e. The van der Waals surface area contributed by atoms with E-state index in [1.54, 1.807) is 0 Å². The third-order valence-electron chi connectivity index (χ3n) is 2.67. The molecule has 8 heteroatoms. The van der Waals surface area contributed by atoms with Crippen LogP contribution in [-0.4, -0.2) is 51.0 Å². The van der Waals surface area contributed by atoms with E-state index in [0.717, 1.165) is 7.11 Å². The van der Waals surface area contributed by atoms with E-state index < -0.39 is 24.5 Å². The maximum Gasteiger partial charge on any atom is 0.330 e. The summed E-state index contributed by atoms with van der Waals surface area (Å²) in [5, 5.41) is 11.6. The first-order chi connectivity index (χ1) is 9.98. The number of rotatable bonds is 6. The smallest absolute Gasteiger partial charge is 0.330 e. The summed E-state index contributed by atoms with van der Waals surface area (Å²) in [6.45, 7) is -0.584. The third-order valence-corrected chi connectivity index (χ3v) is 2.95. The first-order valence-electron chi connectivity index (χ1n) is 5.89. The average molecular weight is 318 g/mol. The predicted octanol–water partition coefficient (Wildman–Crippen LogP) is 0.621. The fraction of sp³-hybridized carbons (Fsp3) is 0.385.